The summed E-state index contributed by atoms with van der Waals surface area (Å²) in [6.45, 7) is 4.42. The van der Waals surface area contributed by atoms with Crippen molar-refractivity contribution in [2.75, 3.05) is 5.32 Å². The van der Waals surface area contributed by atoms with Gasteiger partial charge >= 0.3 is 0 Å². The normalized spacial score (nSPS) is 25.4. The first-order valence-electron chi connectivity index (χ1n) is 6.04. The molecule has 1 aromatic rings. The van der Waals surface area contributed by atoms with Gasteiger partial charge in [-0.1, -0.05) is 6.92 Å². The maximum absolute atomic E-state index is 4.31. The van der Waals surface area contributed by atoms with Crippen LogP contribution in [0.25, 0.3) is 0 Å². The van der Waals surface area contributed by atoms with E-state index in [1.807, 2.05) is 6.20 Å². The summed E-state index contributed by atoms with van der Waals surface area (Å²) >= 11 is 3.42. The maximum Gasteiger partial charge on any atom is 0.109 e. The molecule has 0 bridgehead atoms. The minimum atomic E-state index is 0.638. The number of anilines is 1. The summed E-state index contributed by atoms with van der Waals surface area (Å²) in [4.78, 5) is 4.31. The van der Waals surface area contributed by atoms with Crippen LogP contribution in [0.5, 0.6) is 0 Å². The molecule has 3 heteroatoms. The van der Waals surface area contributed by atoms with Crippen LogP contribution in [0.2, 0.25) is 0 Å². The lowest BCUT2D eigenvalue weighted by molar-refractivity contribution is 0.361. The Morgan fingerprint density at radius 2 is 2.00 bits per heavy atom. The van der Waals surface area contributed by atoms with Crippen LogP contribution >= 0.6 is 15.9 Å². The van der Waals surface area contributed by atoms with Crippen LogP contribution in [0.4, 0.5) is 5.69 Å². The minimum absolute atomic E-state index is 0.638. The molecule has 0 aromatic carbocycles. The van der Waals surface area contributed by atoms with Gasteiger partial charge in [0, 0.05) is 6.04 Å². The van der Waals surface area contributed by atoms with Gasteiger partial charge in [0.25, 0.3) is 0 Å². The minimum Gasteiger partial charge on any atom is -0.381 e. The summed E-state index contributed by atoms with van der Waals surface area (Å²) < 4.78 is 0.940. The molecule has 1 aliphatic rings. The first-order valence-corrected chi connectivity index (χ1v) is 6.83. The van der Waals surface area contributed by atoms with Crippen LogP contribution in [0, 0.1) is 12.8 Å². The van der Waals surface area contributed by atoms with Crippen LogP contribution in [-0.2, 0) is 0 Å². The van der Waals surface area contributed by atoms with Gasteiger partial charge in [-0.2, -0.15) is 0 Å². The van der Waals surface area contributed by atoms with Crippen LogP contribution < -0.4 is 5.32 Å². The number of rotatable bonds is 2. The molecule has 0 saturated heterocycles. The van der Waals surface area contributed by atoms with E-state index in [9.17, 15) is 0 Å². The Morgan fingerprint density at radius 3 is 2.62 bits per heavy atom. The third-order valence-corrected chi connectivity index (χ3v) is 4.23. The molecule has 0 amide bonds. The maximum atomic E-state index is 4.31. The van der Waals surface area contributed by atoms with Gasteiger partial charge < -0.3 is 5.32 Å². The number of aryl methyl sites for hydroxylation is 1. The summed E-state index contributed by atoms with van der Waals surface area (Å²) in [6, 6.07) is 2.80. The molecule has 1 aromatic heterocycles. The third-order valence-electron chi connectivity index (χ3n) is 3.40. The highest BCUT2D eigenvalue weighted by molar-refractivity contribution is 9.10. The summed E-state index contributed by atoms with van der Waals surface area (Å²) in [5, 5.41) is 3.59. The Hall–Kier alpha value is -0.570. The first kappa shape index (κ1) is 11.9. The molecule has 1 N–H and O–H groups in total. The third kappa shape index (κ3) is 2.97. The van der Waals surface area contributed by atoms with Gasteiger partial charge in [-0.05, 0) is 66.1 Å². The van der Waals surface area contributed by atoms with Gasteiger partial charge in [-0.3, -0.25) is 0 Å². The zero-order valence-electron chi connectivity index (χ0n) is 9.96. The molecular formula is C13H19BrN2. The Bertz CT molecular complexity index is 357. The van der Waals surface area contributed by atoms with E-state index >= 15 is 0 Å². The van der Waals surface area contributed by atoms with Crippen LogP contribution in [0.1, 0.15) is 38.2 Å². The Morgan fingerprint density at radius 1 is 1.31 bits per heavy atom. The standard InChI is InChI=1S/C13H19BrN2/c1-9-3-5-11(6-4-9)16-12-7-10(2)13(14)15-8-12/h7-9,11,16H,3-6H2,1-2H3. The average molecular weight is 283 g/mol. The second kappa shape index (κ2) is 5.17. The van der Waals surface area contributed by atoms with Crippen molar-refractivity contribution in [3.63, 3.8) is 0 Å². The van der Waals surface area contributed by atoms with Gasteiger partial charge in [-0.25, -0.2) is 4.98 Å². The summed E-state index contributed by atoms with van der Waals surface area (Å²) in [5.41, 5.74) is 2.34. The molecule has 0 radical (unpaired) electrons. The molecule has 16 heavy (non-hydrogen) atoms. The Balaban J connectivity index is 1.96. The van der Waals surface area contributed by atoms with E-state index in [0.29, 0.717) is 6.04 Å². The number of hydrogen-bond donors (Lipinski definition) is 1. The monoisotopic (exact) mass is 282 g/mol. The zero-order chi connectivity index (χ0) is 11.5. The van der Waals surface area contributed by atoms with Gasteiger partial charge in [0.1, 0.15) is 4.60 Å². The highest BCUT2D eigenvalue weighted by atomic mass is 79.9. The summed E-state index contributed by atoms with van der Waals surface area (Å²) in [7, 11) is 0. The molecule has 2 rings (SSSR count). The molecule has 1 fully saturated rings. The fraction of sp³-hybridized carbons (Fsp3) is 0.615. The summed E-state index contributed by atoms with van der Waals surface area (Å²) in [6.07, 6.45) is 7.18. The van der Waals surface area contributed by atoms with Gasteiger partial charge in [0.2, 0.25) is 0 Å². The van der Waals surface area contributed by atoms with Gasteiger partial charge in [-0.15, -0.1) is 0 Å². The quantitative estimate of drug-likeness (QED) is 0.825. The largest absolute Gasteiger partial charge is 0.381 e. The van der Waals surface area contributed by atoms with Crippen molar-refractivity contribution < 1.29 is 0 Å². The number of pyridine rings is 1. The molecule has 2 nitrogen and oxygen atoms in total. The predicted octanol–water partition coefficient (Wildman–Crippen LogP) is 4.14. The van der Waals surface area contributed by atoms with E-state index in [2.05, 4.69) is 46.1 Å². The molecule has 0 spiro atoms. The number of nitrogens with zero attached hydrogens (tertiary/aromatic N) is 1. The van der Waals surface area contributed by atoms with Crippen molar-refractivity contribution in [1.82, 2.24) is 4.98 Å². The zero-order valence-corrected chi connectivity index (χ0v) is 11.5. The van der Waals surface area contributed by atoms with Gasteiger partial charge in [0.15, 0.2) is 0 Å². The molecule has 0 unspecified atom stereocenters. The molecule has 0 aliphatic heterocycles. The lowest BCUT2D eigenvalue weighted by atomic mass is 9.87. The average Bonchev–Trinajstić information content (AvgIpc) is 2.27. The molecule has 88 valence electrons. The lowest BCUT2D eigenvalue weighted by Gasteiger charge is -2.27. The van der Waals surface area contributed by atoms with Crippen molar-refractivity contribution in [2.45, 2.75) is 45.6 Å². The van der Waals surface area contributed by atoms with E-state index in [4.69, 9.17) is 0 Å². The summed E-state index contributed by atoms with van der Waals surface area (Å²) in [5.74, 6) is 0.905. The fourth-order valence-corrected chi connectivity index (χ4v) is 2.49. The van der Waals surface area contributed by atoms with Crippen molar-refractivity contribution in [1.29, 1.82) is 0 Å². The van der Waals surface area contributed by atoms with Crippen LogP contribution in [-0.4, -0.2) is 11.0 Å². The van der Waals surface area contributed by atoms with E-state index < -0.39 is 0 Å². The highest BCUT2D eigenvalue weighted by Crippen LogP contribution is 2.26. The van der Waals surface area contributed by atoms with Crippen molar-refractivity contribution in [3.05, 3.63) is 22.4 Å². The lowest BCUT2D eigenvalue weighted by Crippen LogP contribution is -2.25. The molecule has 0 atom stereocenters. The number of hydrogen-bond acceptors (Lipinski definition) is 2. The van der Waals surface area contributed by atoms with Crippen molar-refractivity contribution in [2.24, 2.45) is 5.92 Å². The SMILES string of the molecule is Cc1cc(NC2CCC(C)CC2)cnc1Br. The molecular weight excluding hydrogens is 264 g/mol. The van der Waals surface area contributed by atoms with Gasteiger partial charge in [0.05, 0.1) is 11.9 Å². The van der Waals surface area contributed by atoms with Crippen molar-refractivity contribution >= 4 is 21.6 Å². The van der Waals surface area contributed by atoms with Crippen LogP contribution in [0.3, 0.4) is 0 Å². The molecule has 1 heterocycles. The van der Waals surface area contributed by atoms with E-state index in [0.717, 1.165) is 16.2 Å². The molecule has 1 saturated carbocycles. The predicted molar refractivity (Wildman–Crippen MR) is 71.7 cm³/mol. The highest BCUT2D eigenvalue weighted by Gasteiger charge is 2.17. The number of nitrogens with one attached hydrogen (secondary N) is 1. The second-order valence-electron chi connectivity index (χ2n) is 4.93. The topological polar surface area (TPSA) is 24.9 Å². The van der Waals surface area contributed by atoms with Crippen molar-refractivity contribution in [3.8, 4) is 0 Å². The number of halogens is 1. The smallest absolute Gasteiger partial charge is 0.109 e. The van der Waals surface area contributed by atoms with E-state index in [1.165, 1.54) is 31.2 Å². The molecule has 1 aliphatic carbocycles. The first-order chi connectivity index (χ1) is 7.65. The van der Waals surface area contributed by atoms with E-state index in [-0.39, 0.29) is 0 Å². The fourth-order valence-electron chi connectivity index (χ4n) is 2.28. The Kier molecular flexibility index (Phi) is 3.85. The number of aromatic nitrogens is 1. The van der Waals surface area contributed by atoms with E-state index in [1.54, 1.807) is 0 Å². The Labute approximate surface area is 106 Å². The van der Waals surface area contributed by atoms with Crippen LogP contribution in [0.15, 0.2) is 16.9 Å². The second-order valence-corrected chi connectivity index (χ2v) is 5.68.